The highest BCUT2D eigenvalue weighted by Gasteiger charge is 2.03. The van der Waals surface area contributed by atoms with E-state index in [4.69, 9.17) is 0 Å². The van der Waals surface area contributed by atoms with Gasteiger partial charge in [0.2, 0.25) is 0 Å². The maximum atomic E-state index is 11.0. The lowest BCUT2D eigenvalue weighted by Gasteiger charge is -1.97. The number of nitrogens with zero attached hydrogens (tertiary/aromatic N) is 2. The largest absolute Gasteiger partial charge is 0.465 e. The number of methoxy groups -OCH3 is 1. The first kappa shape index (κ1) is 10.4. The molecule has 0 saturated heterocycles. The number of ether oxygens (including phenoxy) is 1. The Bertz CT molecular complexity index is 330. The van der Waals surface area contributed by atoms with Gasteiger partial charge in [-0.15, -0.1) is 0 Å². The summed E-state index contributed by atoms with van der Waals surface area (Å²) in [7, 11) is 1.34. The van der Waals surface area contributed by atoms with Crippen molar-refractivity contribution < 1.29 is 9.53 Å². The topological polar surface area (TPSA) is 51.5 Å². The highest BCUT2D eigenvalue weighted by molar-refractivity contribution is 5.89. The van der Waals surface area contributed by atoms with E-state index in [1.165, 1.54) is 13.3 Å². The molecule has 0 unspecified atom stereocenters. The third-order valence-electron chi connectivity index (χ3n) is 1.61. The number of hydrogen-bond donors (Lipinski definition) is 0. The Kier molecular flexibility index (Phi) is 3.79. The number of carbonyl (C=O) groups excluding carboxylic acids is 1. The van der Waals surface area contributed by atoms with Crippen molar-refractivity contribution >= 4 is 12.2 Å². The van der Waals surface area contributed by atoms with E-state index < -0.39 is 0 Å². The highest BCUT2D eigenvalue weighted by atomic mass is 16.5. The van der Waals surface area contributed by atoms with Gasteiger partial charge in [-0.25, -0.2) is 4.79 Å². The summed E-state index contributed by atoms with van der Waals surface area (Å²) >= 11 is 0. The van der Waals surface area contributed by atoms with Crippen molar-refractivity contribution in [3.8, 4) is 0 Å². The molecule has 0 atom stereocenters. The first-order valence-electron chi connectivity index (χ1n) is 4.32. The fourth-order valence-electron chi connectivity index (χ4n) is 0.905. The standard InChI is InChI=1S/C10H12N2O2/c1-3-11-7-9-5-4-8(6-12-9)10(13)14-2/h4-7H,3H2,1-2H3. The quantitative estimate of drug-likeness (QED) is 0.536. The molecule has 0 N–H and O–H groups in total. The molecule has 0 aromatic carbocycles. The van der Waals surface area contributed by atoms with Gasteiger partial charge in [0.05, 0.1) is 18.4 Å². The van der Waals surface area contributed by atoms with Gasteiger partial charge in [-0.05, 0) is 19.1 Å². The Morgan fingerprint density at radius 2 is 2.43 bits per heavy atom. The van der Waals surface area contributed by atoms with E-state index in [1.807, 2.05) is 6.92 Å². The van der Waals surface area contributed by atoms with Gasteiger partial charge in [0.15, 0.2) is 0 Å². The zero-order chi connectivity index (χ0) is 10.4. The summed E-state index contributed by atoms with van der Waals surface area (Å²) in [5, 5.41) is 0. The molecule has 0 amide bonds. The monoisotopic (exact) mass is 192 g/mol. The van der Waals surface area contributed by atoms with Gasteiger partial charge < -0.3 is 4.74 Å². The second kappa shape index (κ2) is 5.11. The number of aliphatic imine (C=N–C) groups is 1. The van der Waals surface area contributed by atoms with Crippen LogP contribution < -0.4 is 0 Å². The SMILES string of the molecule is CCN=Cc1ccc(C(=O)OC)cn1. The van der Waals surface area contributed by atoms with Crippen LogP contribution in [0.3, 0.4) is 0 Å². The van der Waals surface area contributed by atoms with Gasteiger partial charge in [-0.1, -0.05) is 0 Å². The Balaban J connectivity index is 2.78. The van der Waals surface area contributed by atoms with Crippen molar-refractivity contribution in [1.29, 1.82) is 0 Å². The van der Waals surface area contributed by atoms with Crippen molar-refractivity contribution in [3.63, 3.8) is 0 Å². The smallest absolute Gasteiger partial charge is 0.339 e. The van der Waals surface area contributed by atoms with Crippen LogP contribution >= 0.6 is 0 Å². The van der Waals surface area contributed by atoms with Crippen LogP contribution in [0.15, 0.2) is 23.3 Å². The summed E-state index contributed by atoms with van der Waals surface area (Å²) < 4.78 is 4.54. The molecule has 0 spiro atoms. The molecule has 1 aromatic rings. The average molecular weight is 192 g/mol. The minimum Gasteiger partial charge on any atom is -0.465 e. The molecule has 0 fully saturated rings. The van der Waals surface area contributed by atoms with Crippen LogP contribution in [0.4, 0.5) is 0 Å². The van der Waals surface area contributed by atoms with Crippen molar-refractivity contribution in [1.82, 2.24) is 4.98 Å². The summed E-state index contributed by atoms with van der Waals surface area (Å²) in [6.45, 7) is 2.67. The summed E-state index contributed by atoms with van der Waals surface area (Å²) in [6.07, 6.45) is 3.14. The van der Waals surface area contributed by atoms with Crippen LogP contribution in [0.1, 0.15) is 23.0 Å². The lowest BCUT2D eigenvalue weighted by Crippen LogP contribution is -2.02. The average Bonchev–Trinajstić information content (AvgIpc) is 2.26. The number of hydrogen-bond acceptors (Lipinski definition) is 4. The number of rotatable bonds is 3. The van der Waals surface area contributed by atoms with Crippen molar-refractivity contribution in [2.45, 2.75) is 6.92 Å². The van der Waals surface area contributed by atoms with Crippen LogP contribution in [-0.4, -0.2) is 30.8 Å². The Morgan fingerprint density at radius 3 is 2.93 bits per heavy atom. The van der Waals surface area contributed by atoms with Crippen molar-refractivity contribution in [3.05, 3.63) is 29.6 Å². The predicted molar refractivity (Wildman–Crippen MR) is 53.7 cm³/mol. The first-order chi connectivity index (χ1) is 6.77. The van der Waals surface area contributed by atoms with E-state index in [1.54, 1.807) is 18.3 Å². The second-order valence-electron chi connectivity index (χ2n) is 2.59. The third-order valence-corrected chi connectivity index (χ3v) is 1.61. The number of pyridine rings is 1. The van der Waals surface area contributed by atoms with Crippen LogP contribution in [0.2, 0.25) is 0 Å². The molecule has 1 aromatic heterocycles. The fourth-order valence-corrected chi connectivity index (χ4v) is 0.905. The van der Waals surface area contributed by atoms with E-state index in [9.17, 15) is 4.79 Å². The van der Waals surface area contributed by atoms with Crippen LogP contribution in [0.25, 0.3) is 0 Å². The van der Waals surface area contributed by atoms with Crippen molar-refractivity contribution in [2.24, 2.45) is 4.99 Å². The zero-order valence-electron chi connectivity index (χ0n) is 8.23. The predicted octanol–water partition coefficient (Wildman–Crippen LogP) is 1.31. The van der Waals surface area contributed by atoms with E-state index in [0.717, 1.165) is 12.2 Å². The molecule has 1 heterocycles. The number of esters is 1. The van der Waals surface area contributed by atoms with E-state index in [-0.39, 0.29) is 5.97 Å². The van der Waals surface area contributed by atoms with Gasteiger partial charge in [0.1, 0.15) is 0 Å². The number of aromatic nitrogens is 1. The maximum Gasteiger partial charge on any atom is 0.339 e. The van der Waals surface area contributed by atoms with E-state index >= 15 is 0 Å². The van der Waals surface area contributed by atoms with Gasteiger partial charge in [0, 0.05) is 19.0 Å². The minimum atomic E-state index is -0.378. The lowest BCUT2D eigenvalue weighted by molar-refractivity contribution is 0.0600. The van der Waals surface area contributed by atoms with Gasteiger partial charge in [-0.3, -0.25) is 9.98 Å². The highest BCUT2D eigenvalue weighted by Crippen LogP contribution is 2.00. The lowest BCUT2D eigenvalue weighted by atomic mass is 10.2. The summed E-state index contributed by atoms with van der Waals surface area (Å²) in [5.41, 5.74) is 1.18. The molecular formula is C10H12N2O2. The fraction of sp³-hybridized carbons (Fsp3) is 0.300. The molecule has 0 bridgehead atoms. The van der Waals surface area contributed by atoms with Crippen LogP contribution in [0.5, 0.6) is 0 Å². The molecule has 0 radical (unpaired) electrons. The van der Waals surface area contributed by atoms with Crippen LogP contribution in [0, 0.1) is 0 Å². The number of carbonyl (C=O) groups is 1. The molecule has 4 heteroatoms. The van der Waals surface area contributed by atoms with Gasteiger partial charge in [0.25, 0.3) is 0 Å². The molecule has 4 nitrogen and oxygen atoms in total. The van der Waals surface area contributed by atoms with Crippen LogP contribution in [-0.2, 0) is 4.74 Å². The van der Waals surface area contributed by atoms with Gasteiger partial charge >= 0.3 is 5.97 Å². The zero-order valence-corrected chi connectivity index (χ0v) is 8.23. The molecule has 0 saturated carbocycles. The summed E-state index contributed by atoms with van der Waals surface area (Å²) in [5.74, 6) is -0.378. The van der Waals surface area contributed by atoms with E-state index in [0.29, 0.717) is 5.56 Å². The second-order valence-corrected chi connectivity index (χ2v) is 2.59. The van der Waals surface area contributed by atoms with Crippen molar-refractivity contribution in [2.75, 3.05) is 13.7 Å². The van der Waals surface area contributed by atoms with Gasteiger partial charge in [-0.2, -0.15) is 0 Å². The Labute approximate surface area is 82.6 Å². The molecule has 1 rings (SSSR count). The van der Waals surface area contributed by atoms with E-state index in [2.05, 4.69) is 14.7 Å². The molecule has 0 aliphatic rings. The molecular weight excluding hydrogens is 180 g/mol. The summed E-state index contributed by atoms with van der Waals surface area (Å²) in [4.78, 5) is 19.1. The normalized spacial score (nSPS) is 10.4. The Morgan fingerprint density at radius 1 is 1.64 bits per heavy atom. The Hall–Kier alpha value is -1.71. The maximum absolute atomic E-state index is 11.0. The summed E-state index contributed by atoms with van der Waals surface area (Å²) in [6, 6.07) is 3.39. The third kappa shape index (κ3) is 2.65. The molecule has 0 aliphatic carbocycles. The first-order valence-corrected chi connectivity index (χ1v) is 4.32. The minimum absolute atomic E-state index is 0.378. The molecule has 0 aliphatic heterocycles. The molecule has 14 heavy (non-hydrogen) atoms. The molecule has 74 valence electrons.